The number of rotatable bonds is 4. The third kappa shape index (κ3) is 3.45. The maximum Gasteiger partial charge on any atom is 0.276 e. The molecule has 0 aliphatic heterocycles. The molecule has 3 rings (SSSR count). The van der Waals surface area contributed by atoms with E-state index in [9.17, 15) is 14.9 Å². The van der Waals surface area contributed by atoms with Crippen LogP contribution in [0.3, 0.4) is 0 Å². The van der Waals surface area contributed by atoms with Gasteiger partial charge in [-0.25, -0.2) is 4.98 Å². The molecule has 0 bridgehead atoms. The van der Waals surface area contributed by atoms with Crippen LogP contribution >= 0.6 is 11.6 Å². The number of hydrogen-bond donors (Lipinski definition) is 1. The van der Waals surface area contributed by atoms with Crippen molar-refractivity contribution in [3.8, 4) is 0 Å². The molecule has 0 aromatic carbocycles. The lowest BCUT2D eigenvalue weighted by atomic mass is 10.1. The van der Waals surface area contributed by atoms with Gasteiger partial charge in [0.1, 0.15) is 11.0 Å². The summed E-state index contributed by atoms with van der Waals surface area (Å²) in [6.45, 7) is 1.97. The molecule has 23 heavy (non-hydrogen) atoms. The van der Waals surface area contributed by atoms with Crippen LogP contribution in [0.1, 0.15) is 23.6 Å². The van der Waals surface area contributed by atoms with Crippen LogP contribution in [0.15, 0.2) is 30.5 Å². The molecule has 7 nitrogen and oxygen atoms in total. The summed E-state index contributed by atoms with van der Waals surface area (Å²) in [5.41, 5.74) is 1.76. The van der Waals surface area contributed by atoms with Crippen molar-refractivity contribution in [3.05, 3.63) is 57.0 Å². The molecule has 2 heterocycles. The van der Waals surface area contributed by atoms with Gasteiger partial charge >= 0.3 is 0 Å². The summed E-state index contributed by atoms with van der Waals surface area (Å²) in [6, 6.07) is 6.18. The first-order chi connectivity index (χ1) is 10.9. The molecule has 8 heteroatoms. The second-order valence-corrected chi connectivity index (χ2v) is 5.87. The fourth-order valence-electron chi connectivity index (χ4n) is 2.45. The number of carbonyl (C=O) groups is 1. The standard InChI is InChI=1S/C15H13ClN4O3/c1-8-2-3-17-12(4-8)10-7-11(10)15(21)19-14-6-9(20(22)23)5-13(16)18-14/h2-6,10-11H,7H2,1H3,(H,18,19,21)/t10?,11-/m0/s1. The molecule has 1 amide bonds. The Balaban J connectivity index is 1.70. The largest absolute Gasteiger partial charge is 0.310 e. The van der Waals surface area contributed by atoms with Crippen LogP contribution in [-0.2, 0) is 4.79 Å². The van der Waals surface area contributed by atoms with Gasteiger partial charge in [0.05, 0.1) is 17.1 Å². The Labute approximate surface area is 136 Å². The number of anilines is 1. The van der Waals surface area contributed by atoms with E-state index in [1.54, 1.807) is 6.20 Å². The van der Waals surface area contributed by atoms with E-state index < -0.39 is 4.92 Å². The van der Waals surface area contributed by atoms with Crippen molar-refractivity contribution in [3.63, 3.8) is 0 Å². The Bertz CT molecular complexity index is 796. The first kappa shape index (κ1) is 15.4. The van der Waals surface area contributed by atoms with Crippen LogP contribution in [-0.4, -0.2) is 20.8 Å². The SMILES string of the molecule is Cc1ccnc(C2C[C@@H]2C(=O)Nc2cc([N+](=O)[O-])cc(Cl)n2)c1. The second-order valence-electron chi connectivity index (χ2n) is 5.49. The number of halogens is 1. The number of amides is 1. The summed E-state index contributed by atoms with van der Waals surface area (Å²) in [5, 5.41) is 13.4. The number of aryl methyl sites for hydroxylation is 1. The molecule has 2 atom stereocenters. The summed E-state index contributed by atoms with van der Waals surface area (Å²) in [4.78, 5) is 30.6. The maximum absolute atomic E-state index is 12.2. The smallest absolute Gasteiger partial charge is 0.276 e. The number of pyridine rings is 2. The van der Waals surface area contributed by atoms with E-state index in [0.29, 0.717) is 6.42 Å². The Morgan fingerprint density at radius 2 is 2.22 bits per heavy atom. The number of hydrogen-bond acceptors (Lipinski definition) is 5. The molecule has 1 fully saturated rings. The van der Waals surface area contributed by atoms with E-state index in [-0.39, 0.29) is 34.4 Å². The number of aromatic nitrogens is 2. The minimum Gasteiger partial charge on any atom is -0.310 e. The highest BCUT2D eigenvalue weighted by Crippen LogP contribution is 2.47. The maximum atomic E-state index is 12.2. The predicted molar refractivity (Wildman–Crippen MR) is 84.4 cm³/mol. The Morgan fingerprint density at radius 3 is 2.91 bits per heavy atom. The molecular formula is C15H13ClN4O3. The van der Waals surface area contributed by atoms with Gasteiger partial charge in [0.15, 0.2) is 0 Å². The quantitative estimate of drug-likeness (QED) is 0.527. The van der Waals surface area contributed by atoms with Gasteiger partial charge in [-0.05, 0) is 31.0 Å². The molecule has 1 aliphatic rings. The lowest BCUT2D eigenvalue weighted by molar-refractivity contribution is -0.384. The van der Waals surface area contributed by atoms with Gasteiger partial charge in [0, 0.05) is 23.7 Å². The normalized spacial score (nSPS) is 19.2. The van der Waals surface area contributed by atoms with E-state index in [0.717, 1.165) is 17.3 Å². The third-order valence-corrected chi connectivity index (χ3v) is 3.88. The molecule has 1 aliphatic carbocycles. The topological polar surface area (TPSA) is 98.0 Å². The van der Waals surface area contributed by atoms with E-state index in [1.165, 1.54) is 6.07 Å². The minimum atomic E-state index is -0.584. The lowest BCUT2D eigenvalue weighted by Gasteiger charge is -2.05. The van der Waals surface area contributed by atoms with E-state index in [4.69, 9.17) is 11.6 Å². The van der Waals surface area contributed by atoms with Gasteiger partial charge in [0.25, 0.3) is 5.69 Å². The van der Waals surface area contributed by atoms with Gasteiger partial charge in [-0.1, -0.05) is 11.6 Å². The van der Waals surface area contributed by atoms with Gasteiger partial charge in [0.2, 0.25) is 5.91 Å². The fraction of sp³-hybridized carbons (Fsp3) is 0.267. The molecule has 0 radical (unpaired) electrons. The molecule has 2 aromatic heterocycles. The van der Waals surface area contributed by atoms with Crippen LogP contribution < -0.4 is 5.32 Å². The van der Waals surface area contributed by atoms with E-state index in [2.05, 4.69) is 15.3 Å². The first-order valence-corrected chi connectivity index (χ1v) is 7.37. The Morgan fingerprint density at radius 1 is 1.43 bits per heavy atom. The zero-order valence-electron chi connectivity index (χ0n) is 12.2. The van der Waals surface area contributed by atoms with Crippen LogP contribution in [0.2, 0.25) is 5.15 Å². The third-order valence-electron chi connectivity index (χ3n) is 3.68. The van der Waals surface area contributed by atoms with Crippen molar-refractivity contribution in [2.75, 3.05) is 5.32 Å². The van der Waals surface area contributed by atoms with Gasteiger partial charge in [-0.15, -0.1) is 0 Å². The van der Waals surface area contributed by atoms with E-state index in [1.807, 2.05) is 19.1 Å². The molecule has 0 saturated heterocycles. The van der Waals surface area contributed by atoms with Crippen LogP contribution in [0, 0.1) is 23.0 Å². The summed E-state index contributed by atoms with van der Waals surface area (Å²) < 4.78 is 0. The molecule has 1 N–H and O–H groups in total. The van der Waals surface area contributed by atoms with Crippen molar-refractivity contribution in [1.82, 2.24) is 9.97 Å². The fourth-order valence-corrected chi connectivity index (χ4v) is 2.65. The number of nitrogens with one attached hydrogen (secondary N) is 1. The molecule has 1 unspecified atom stereocenters. The zero-order chi connectivity index (χ0) is 16.6. The van der Waals surface area contributed by atoms with Crippen molar-refractivity contribution in [2.24, 2.45) is 5.92 Å². The average Bonchev–Trinajstić information content (AvgIpc) is 3.27. The Kier molecular flexibility index (Phi) is 3.96. The average molecular weight is 333 g/mol. The van der Waals surface area contributed by atoms with Crippen LogP contribution in [0.25, 0.3) is 0 Å². The highest BCUT2D eigenvalue weighted by Gasteiger charge is 2.45. The number of carbonyl (C=O) groups excluding carboxylic acids is 1. The van der Waals surface area contributed by atoms with Crippen LogP contribution in [0.5, 0.6) is 0 Å². The number of nitrogens with zero attached hydrogens (tertiary/aromatic N) is 3. The molecular weight excluding hydrogens is 320 g/mol. The van der Waals surface area contributed by atoms with Crippen molar-refractivity contribution < 1.29 is 9.72 Å². The van der Waals surface area contributed by atoms with Crippen molar-refractivity contribution in [1.29, 1.82) is 0 Å². The lowest BCUT2D eigenvalue weighted by Crippen LogP contribution is -2.16. The second kappa shape index (κ2) is 5.92. The molecule has 0 spiro atoms. The van der Waals surface area contributed by atoms with Gasteiger partial charge in [-0.3, -0.25) is 19.9 Å². The van der Waals surface area contributed by atoms with Gasteiger partial charge in [-0.2, -0.15) is 0 Å². The summed E-state index contributed by atoms with van der Waals surface area (Å²) in [5.74, 6) is -0.285. The molecule has 118 valence electrons. The predicted octanol–water partition coefficient (Wildman–Crippen LogP) is 3.09. The first-order valence-electron chi connectivity index (χ1n) is 6.99. The monoisotopic (exact) mass is 332 g/mol. The van der Waals surface area contributed by atoms with Gasteiger partial charge < -0.3 is 5.32 Å². The molecule has 1 saturated carbocycles. The van der Waals surface area contributed by atoms with Crippen LogP contribution in [0.4, 0.5) is 11.5 Å². The summed E-state index contributed by atoms with van der Waals surface area (Å²) >= 11 is 5.74. The highest BCUT2D eigenvalue weighted by atomic mass is 35.5. The Hall–Kier alpha value is -2.54. The number of nitro groups is 1. The summed E-state index contributed by atoms with van der Waals surface area (Å²) in [6.07, 6.45) is 2.42. The highest BCUT2D eigenvalue weighted by molar-refractivity contribution is 6.29. The minimum absolute atomic E-state index is 0.0396. The molecule has 2 aromatic rings. The van der Waals surface area contributed by atoms with E-state index >= 15 is 0 Å². The van der Waals surface area contributed by atoms with Crippen molar-refractivity contribution >= 4 is 29.0 Å². The summed E-state index contributed by atoms with van der Waals surface area (Å²) in [7, 11) is 0. The van der Waals surface area contributed by atoms with Crippen molar-refractivity contribution in [2.45, 2.75) is 19.3 Å². The zero-order valence-corrected chi connectivity index (χ0v) is 12.9.